The Kier molecular flexibility index (Phi) is 2.46. The van der Waals surface area contributed by atoms with Gasteiger partial charge in [0.15, 0.2) is 12.1 Å². The first-order valence-corrected chi connectivity index (χ1v) is 8.66. The molecule has 4 heteroatoms. The smallest absolute Gasteiger partial charge is 0.179 e. The lowest BCUT2D eigenvalue weighted by Gasteiger charge is -2.31. The average molecular weight is 384 g/mol. The Balaban J connectivity index is 1.56. The summed E-state index contributed by atoms with van der Waals surface area (Å²) in [6.45, 7) is 0. The van der Waals surface area contributed by atoms with E-state index in [0.29, 0.717) is 27.8 Å². The number of fused-ring (bicyclic) bond motifs is 2. The van der Waals surface area contributed by atoms with Gasteiger partial charge in [0.1, 0.15) is 0 Å². The van der Waals surface area contributed by atoms with Gasteiger partial charge in [-0.3, -0.25) is 0 Å². The predicted octanol–water partition coefficient (Wildman–Crippen LogP) is 2.36. The van der Waals surface area contributed by atoms with Crippen LogP contribution in [0.2, 0.25) is 0 Å². The molecule has 0 unspecified atom stereocenters. The van der Waals surface area contributed by atoms with Gasteiger partial charge >= 0.3 is 0 Å². The maximum Gasteiger partial charge on any atom is 0.179 e. The zero-order valence-electron chi connectivity index (χ0n) is 11.0. The third-order valence-electron chi connectivity index (χ3n) is 5.85. The van der Waals surface area contributed by atoms with Crippen molar-refractivity contribution in [2.45, 2.75) is 34.9 Å². The van der Waals surface area contributed by atoms with E-state index in [0.717, 1.165) is 6.42 Å². The molecule has 4 aliphatic rings. The van der Waals surface area contributed by atoms with Crippen molar-refractivity contribution in [3.63, 3.8) is 0 Å². The van der Waals surface area contributed by atoms with Crippen LogP contribution in [-0.2, 0) is 15.9 Å². The molecule has 0 aromatic heterocycles. The standard InChI is InChI=1S/C16H17IO3/c17-13-9-6-10-12-11(9)15(18)20-16(12,19-14(10)13)7-8-4-2-1-3-5-8/h1-5,9-15,18H,6-7H2/t9-,10+,11+,12+,13-,14-,15-,16-/m0/s1. The van der Waals surface area contributed by atoms with E-state index >= 15 is 0 Å². The number of benzene rings is 1. The van der Waals surface area contributed by atoms with Crippen LogP contribution in [0.5, 0.6) is 0 Å². The van der Waals surface area contributed by atoms with E-state index in [-0.39, 0.29) is 5.92 Å². The van der Waals surface area contributed by atoms with Gasteiger partial charge in [-0.15, -0.1) is 0 Å². The lowest BCUT2D eigenvalue weighted by atomic mass is 9.76. The molecule has 8 atom stereocenters. The third kappa shape index (κ3) is 1.36. The number of aliphatic hydroxyl groups excluding tert-OH is 1. The molecule has 2 bridgehead atoms. The fourth-order valence-corrected chi connectivity index (χ4v) is 6.72. The molecule has 2 heterocycles. The van der Waals surface area contributed by atoms with Crippen LogP contribution in [0.4, 0.5) is 0 Å². The molecule has 0 radical (unpaired) electrons. The van der Waals surface area contributed by atoms with Crippen molar-refractivity contribution in [1.29, 1.82) is 0 Å². The Morgan fingerprint density at radius 2 is 2.00 bits per heavy atom. The Morgan fingerprint density at radius 1 is 1.20 bits per heavy atom. The van der Waals surface area contributed by atoms with Gasteiger partial charge in [0.05, 0.1) is 6.10 Å². The number of halogens is 1. The van der Waals surface area contributed by atoms with Crippen molar-refractivity contribution in [2.75, 3.05) is 0 Å². The Hall–Kier alpha value is -0.170. The molecular weight excluding hydrogens is 367 g/mol. The van der Waals surface area contributed by atoms with E-state index in [1.807, 2.05) is 6.07 Å². The predicted molar refractivity (Wildman–Crippen MR) is 81.2 cm³/mol. The maximum atomic E-state index is 10.4. The minimum absolute atomic E-state index is 0.282. The number of hydrogen-bond acceptors (Lipinski definition) is 3. The second-order valence-electron chi connectivity index (χ2n) is 6.68. The van der Waals surface area contributed by atoms with Crippen molar-refractivity contribution in [3.05, 3.63) is 35.9 Å². The van der Waals surface area contributed by atoms with Crippen LogP contribution in [0.1, 0.15) is 12.0 Å². The van der Waals surface area contributed by atoms with Crippen LogP contribution in [0, 0.1) is 23.7 Å². The highest BCUT2D eigenvalue weighted by Crippen LogP contribution is 2.69. The molecule has 5 rings (SSSR count). The van der Waals surface area contributed by atoms with E-state index < -0.39 is 12.1 Å². The van der Waals surface area contributed by atoms with Gasteiger partial charge in [0.2, 0.25) is 0 Å². The Bertz CT molecular complexity index is 550. The van der Waals surface area contributed by atoms with Crippen LogP contribution in [0.15, 0.2) is 30.3 Å². The first-order valence-electron chi connectivity index (χ1n) is 7.41. The normalized spacial score (nSPS) is 54.8. The molecule has 1 N–H and O–H groups in total. The summed E-state index contributed by atoms with van der Waals surface area (Å²) in [5, 5.41) is 10.4. The molecule has 2 saturated heterocycles. The molecule has 1 aromatic rings. The molecule has 0 spiro atoms. The summed E-state index contributed by atoms with van der Waals surface area (Å²) < 4.78 is 12.9. The summed E-state index contributed by atoms with van der Waals surface area (Å²) in [4.78, 5) is 0. The van der Waals surface area contributed by atoms with Crippen molar-refractivity contribution in [1.82, 2.24) is 0 Å². The monoisotopic (exact) mass is 384 g/mol. The molecule has 2 aliphatic carbocycles. The molecular formula is C16H17IO3. The Labute approximate surface area is 131 Å². The maximum absolute atomic E-state index is 10.4. The van der Waals surface area contributed by atoms with Crippen LogP contribution < -0.4 is 0 Å². The molecule has 106 valence electrons. The zero-order chi connectivity index (χ0) is 13.5. The Morgan fingerprint density at radius 3 is 2.80 bits per heavy atom. The van der Waals surface area contributed by atoms with Crippen LogP contribution in [-0.4, -0.2) is 27.2 Å². The quantitative estimate of drug-likeness (QED) is 0.629. The highest BCUT2D eigenvalue weighted by Gasteiger charge is 2.76. The van der Waals surface area contributed by atoms with Gasteiger partial charge in [-0.1, -0.05) is 52.9 Å². The van der Waals surface area contributed by atoms with Gasteiger partial charge in [0, 0.05) is 22.2 Å². The number of ether oxygens (including phenoxy) is 2. The number of hydrogen-bond donors (Lipinski definition) is 1. The van der Waals surface area contributed by atoms with Gasteiger partial charge in [0.25, 0.3) is 0 Å². The fourth-order valence-electron chi connectivity index (χ4n) is 5.27. The lowest BCUT2D eigenvalue weighted by molar-refractivity contribution is -0.270. The highest BCUT2D eigenvalue weighted by atomic mass is 127. The topological polar surface area (TPSA) is 38.7 Å². The van der Waals surface area contributed by atoms with Gasteiger partial charge in [-0.05, 0) is 23.8 Å². The van der Waals surface area contributed by atoms with Gasteiger partial charge in [-0.25, -0.2) is 0 Å². The molecule has 2 saturated carbocycles. The molecule has 4 fully saturated rings. The SMILES string of the molecule is O[C@H]1O[C@]2(Cc3ccccc3)O[C@@H]3[C@@H](I)[C@H]4C[C@@H]3[C@@H]2[C@@H]41. The molecule has 3 nitrogen and oxygen atoms in total. The van der Waals surface area contributed by atoms with Gasteiger partial charge < -0.3 is 14.6 Å². The van der Waals surface area contributed by atoms with Gasteiger partial charge in [-0.2, -0.15) is 0 Å². The van der Waals surface area contributed by atoms with E-state index in [4.69, 9.17) is 9.47 Å². The van der Waals surface area contributed by atoms with E-state index in [9.17, 15) is 5.11 Å². The first kappa shape index (κ1) is 12.4. The minimum atomic E-state index is -0.641. The summed E-state index contributed by atoms with van der Waals surface area (Å²) in [6.07, 6.45) is 1.66. The molecule has 0 amide bonds. The second kappa shape index (κ2) is 3.97. The highest BCUT2D eigenvalue weighted by molar-refractivity contribution is 14.1. The minimum Gasteiger partial charge on any atom is -0.368 e. The van der Waals surface area contributed by atoms with Crippen molar-refractivity contribution >= 4 is 22.6 Å². The van der Waals surface area contributed by atoms with E-state index in [1.54, 1.807) is 0 Å². The summed E-state index contributed by atoms with van der Waals surface area (Å²) in [5.41, 5.74) is 1.23. The summed E-state index contributed by atoms with van der Waals surface area (Å²) in [7, 11) is 0. The zero-order valence-corrected chi connectivity index (χ0v) is 13.1. The van der Waals surface area contributed by atoms with Crippen molar-refractivity contribution in [2.24, 2.45) is 23.7 Å². The van der Waals surface area contributed by atoms with E-state index in [2.05, 4.69) is 46.9 Å². The lowest BCUT2D eigenvalue weighted by Crippen LogP contribution is -2.39. The average Bonchev–Trinajstić information content (AvgIpc) is 3.09. The molecule has 2 aliphatic heterocycles. The third-order valence-corrected chi connectivity index (χ3v) is 7.48. The molecule has 1 aromatic carbocycles. The molecule has 20 heavy (non-hydrogen) atoms. The van der Waals surface area contributed by atoms with Crippen LogP contribution in [0.3, 0.4) is 0 Å². The number of aliphatic hydroxyl groups is 1. The first-order chi connectivity index (χ1) is 9.70. The van der Waals surface area contributed by atoms with Crippen molar-refractivity contribution in [3.8, 4) is 0 Å². The summed E-state index contributed by atoms with van der Waals surface area (Å²) in [5.74, 6) is 1.26. The fraction of sp³-hybridized carbons (Fsp3) is 0.625. The number of alkyl halides is 1. The second-order valence-corrected chi connectivity index (χ2v) is 8.11. The van der Waals surface area contributed by atoms with Crippen LogP contribution in [0.25, 0.3) is 0 Å². The van der Waals surface area contributed by atoms with E-state index in [1.165, 1.54) is 12.0 Å². The van der Waals surface area contributed by atoms with Crippen molar-refractivity contribution < 1.29 is 14.6 Å². The summed E-state index contributed by atoms with van der Waals surface area (Å²) >= 11 is 2.53. The van der Waals surface area contributed by atoms with Crippen LogP contribution >= 0.6 is 22.6 Å². The number of rotatable bonds is 2. The summed E-state index contributed by atoms with van der Waals surface area (Å²) in [6, 6.07) is 10.4. The largest absolute Gasteiger partial charge is 0.368 e.